The number of rotatable bonds is 6. The number of hydrogen-bond donors (Lipinski definition) is 0. The summed E-state index contributed by atoms with van der Waals surface area (Å²) in [6.45, 7) is 5.97. The molecule has 1 aliphatic carbocycles. The molecule has 118 valence electrons. The maximum atomic E-state index is 12.8. The zero-order chi connectivity index (χ0) is 15.7. The molecule has 1 heterocycles. The summed E-state index contributed by atoms with van der Waals surface area (Å²) in [7, 11) is 0. The van der Waals surface area contributed by atoms with E-state index in [0.717, 1.165) is 31.0 Å². The van der Waals surface area contributed by atoms with Gasteiger partial charge in [0.05, 0.1) is 18.2 Å². The van der Waals surface area contributed by atoms with Crippen LogP contribution in [-0.2, 0) is 9.59 Å². The van der Waals surface area contributed by atoms with Gasteiger partial charge < -0.3 is 0 Å². The smallest absolute Gasteiger partial charge is 0.251 e. The van der Waals surface area contributed by atoms with E-state index >= 15 is 0 Å². The highest BCUT2D eigenvalue weighted by molar-refractivity contribution is 6.22. The Morgan fingerprint density at radius 1 is 1.18 bits per heavy atom. The fourth-order valence-electron chi connectivity index (χ4n) is 3.16. The molecule has 2 amide bonds. The van der Waals surface area contributed by atoms with Crippen molar-refractivity contribution in [2.75, 3.05) is 18.0 Å². The number of anilines is 1. The average molecular weight is 300 g/mol. The van der Waals surface area contributed by atoms with Crippen LogP contribution >= 0.6 is 0 Å². The number of nitrogens with zero attached hydrogens (tertiary/aromatic N) is 2. The van der Waals surface area contributed by atoms with Crippen LogP contribution in [0.5, 0.6) is 0 Å². The topological polar surface area (TPSA) is 40.6 Å². The Morgan fingerprint density at radius 2 is 1.86 bits per heavy atom. The first-order valence-corrected chi connectivity index (χ1v) is 8.27. The molecule has 1 saturated carbocycles. The van der Waals surface area contributed by atoms with E-state index in [-0.39, 0.29) is 17.9 Å². The summed E-state index contributed by atoms with van der Waals surface area (Å²) in [5.41, 5.74) is 1.83. The van der Waals surface area contributed by atoms with Gasteiger partial charge >= 0.3 is 0 Å². The summed E-state index contributed by atoms with van der Waals surface area (Å²) < 4.78 is 0. The third kappa shape index (κ3) is 3.07. The molecule has 0 spiro atoms. The van der Waals surface area contributed by atoms with Crippen molar-refractivity contribution in [3.05, 3.63) is 29.8 Å². The van der Waals surface area contributed by atoms with Gasteiger partial charge in [-0.3, -0.25) is 14.5 Å². The van der Waals surface area contributed by atoms with Gasteiger partial charge in [0.1, 0.15) is 0 Å². The van der Waals surface area contributed by atoms with E-state index in [4.69, 9.17) is 0 Å². The fraction of sp³-hybridized carbons (Fsp3) is 0.556. The van der Waals surface area contributed by atoms with Gasteiger partial charge in [-0.15, -0.1) is 0 Å². The molecule has 2 fully saturated rings. The first kappa shape index (κ1) is 15.2. The minimum absolute atomic E-state index is 0.0528. The number of hydrogen-bond acceptors (Lipinski definition) is 3. The van der Waals surface area contributed by atoms with Crippen LogP contribution in [0.3, 0.4) is 0 Å². The predicted octanol–water partition coefficient (Wildman–Crippen LogP) is 2.75. The lowest BCUT2D eigenvalue weighted by Crippen LogP contribution is -2.43. The van der Waals surface area contributed by atoms with Gasteiger partial charge in [-0.05, 0) is 50.8 Å². The lowest BCUT2D eigenvalue weighted by Gasteiger charge is -2.26. The predicted molar refractivity (Wildman–Crippen MR) is 86.7 cm³/mol. The Labute approximate surface area is 132 Å². The highest BCUT2D eigenvalue weighted by Gasteiger charge is 2.43. The molecule has 3 rings (SSSR count). The number of imide groups is 1. The molecule has 1 saturated heterocycles. The molecule has 4 nitrogen and oxygen atoms in total. The lowest BCUT2D eigenvalue weighted by atomic mass is 10.2. The molecular weight excluding hydrogens is 276 g/mol. The van der Waals surface area contributed by atoms with Crippen LogP contribution in [0.4, 0.5) is 5.69 Å². The summed E-state index contributed by atoms with van der Waals surface area (Å²) in [5, 5.41) is 0. The molecule has 0 aromatic heterocycles. The Balaban J connectivity index is 1.78. The first-order valence-electron chi connectivity index (χ1n) is 8.27. The van der Waals surface area contributed by atoms with Gasteiger partial charge in [0.2, 0.25) is 5.91 Å². The van der Waals surface area contributed by atoms with Gasteiger partial charge in [-0.25, -0.2) is 4.90 Å². The van der Waals surface area contributed by atoms with Crippen molar-refractivity contribution in [2.24, 2.45) is 5.92 Å². The minimum Gasteiger partial charge on any atom is -0.291 e. The van der Waals surface area contributed by atoms with Gasteiger partial charge in [0, 0.05) is 6.54 Å². The van der Waals surface area contributed by atoms with Crippen molar-refractivity contribution in [2.45, 2.75) is 45.6 Å². The number of carbonyl (C=O) groups is 2. The highest BCUT2D eigenvalue weighted by Crippen LogP contribution is 2.33. The van der Waals surface area contributed by atoms with Crippen LogP contribution in [0, 0.1) is 12.8 Å². The van der Waals surface area contributed by atoms with E-state index in [9.17, 15) is 9.59 Å². The maximum absolute atomic E-state index is 12.8. The number of aryl methyl sites for hydroxylation is 1. The van der Waals surface area contributed by atoms with E-state index in [0.29, 0.717) is 12.1 Å². The summed E-state index contributed by atoms with van der Waals surface area (Å²) in [6, 6.07) is 7.33. The van der Waals surface area contributed by atoms with E-state index in [1.165, 1.54) is 17.7 Å². The summed E-state index contributed by atoms with van der Waals surface area (Å²) in [6.07, 6.45) is 3.85. The quantitative estimate of drug-likeness (QED) is 0.759. The molecule has 1 aliphatic heterocycles. The molecule has 4 heteroatoms. The highest BCUT2D eigenvalue weighted by atomic mass is 16.2. The fourth-order valence-corrected chi connectivity index (χ4v) is 3.16. The third-order valence-electron chi connectivity index (χ3n) is 4.56. The standard InChI is InChI=1S/C18H24N2O2/c1-3-10-19(12-14-6-7-14)16-11-17(21)20(18(16)22)15-8-4-13(2)5-9-15/h4-5,8-9,14,16H,3,6-7,10-12H2,1-2H3. The minimum atomic E-state index is -0.269. The average Bonchev–Trinajstić information content (AvgIpc) is 3.25. The molecule has 1 unspecified atom stereocenters. The summed E-state index contributed by atoms with van der Waals surface area (Å²) >= 11 is 0. The van der Waals surface area contributed by atoms with Crippen molar-refractivity contribution in [1.82, 2.24) is 4.90 Å². The van der Waals surface area contributed by atoms with Gasteiger partial charge in [-0.2, -0.15) is 0 Å². The molecule has 0 N–H and O–H groups in total. The Morgan fingerprint density at radius 3 is 2.45 bits per heavy atom. The molecule has 0 radical (unpaired) electrons. The zero-order valence-electron chi connectivity index (χ0n) is 13.4. The SMILES string of the molecule is CCCN(CC1CC1)C1CC(=O)N(c2ccc(C)cc2)C1=O. The van der Waals surface area contributed by atoms with Crippen LogP contribution < -0.4 is 4.90 Å². The molecule has 1 atom stereocenters. The zero-order valence-corrected chi connectivity index (χ0v) is 13.4. The van der Waals surface area contributed by atoms with E-state index < -0.39 is 0 Å². The van der Waals surface area contributed by atoms with Crippen LogP contribution in [-0.4, -0.2) is 35.8 Å². The summed E-state index contributed by atoms with van der Waals surface area (Å²) in [4.78, 5) is 28.8. The number of benzene rings is 1. The number of amides is 2. The maximum Gasteiger partial charge on any atom is 0.251 e. The molecule has 22 heavy (non-hydrogen) atoms. The lowest BCUT2D eigenvalue weighted by molar-refractivity contribution is -0.123. The second-order valence-electron chi connectivity index (χ2n) is 6.56. The monoisotopic (exact) mass is 300 g/mol. The van der Waals surface area contributed by atoms with E-state index in [1.807, 2.05) is 31.2 Å². The van der Waals surface area contributed by atoms with Crippen molar-refractivity contribution < 1.29 is 9.59 Å². The molecule has 1 aromatic rings. The normalized spacial score (nSPS) is 22.0. The Kier molecular flexibility index (Phi) is 4.30. The Bertz CT molecular complexity index is 563. The van der Waals surface area contributed by atoms with Gasteiger partial charge in [0.25, 0.3) is 5.91 Å². The van der Waals surface area contributed by atoms with E-state index in [2.05, 4.69) is 11.8 Å². The van der Waals surface area contributed by atoms with Crippen molar-refractivity contribution in [3.63, 3.8) is 0 Å². The van der Waals surface area contributed by atoms with Crippen molar-refractivity contribution in [1.29, 1.82) is 0 Å². The van der Waals surface area contributed by atoms with Crippen molar-refractivity contribution in [3.8, 4) is 0 Å². The molecule has 2 aliphatic rings. The second-order valence-corrected chi connectivity index (χ2v) is 6.56. The van der Waals surface area contributed by atoms with E-state index in [1.54, 1.807) is 0 Å². The van der Waals surface area contributed by atoms with Gasteiger partial charge in [-0.1, -0.05) is 24.6 Å². The molecular formula is C18H24N2O2. The van der Waals surface area contributed by atoms with Crippen LogP contribution in [0.2, 0.25) is 0 Å². The first-order chi connectivity index (χ1) is 10.6. The summed E-state index contributed by atoms with van der Waals surface area (Å²) in [5.74, 6) is 0.599. The van der Waals surface area contributed by atoms with Gasteiger partial charge in [0.15, 0.2) is 0 Å². The van der Waals surface area contributed by atoms with Crippen LogP contribution in [0.15, 0.2) is 24.3 Å². The van der Waals surface area contributed by atoms with Crippen LogP contribution in [0.25, 0.3) is 0 Å². The third-order valence-corrected chi connectivity index (χ3v) is 4.56. The molecule has 0 bridgehead atoms. The number of carbonyl (C=O) groups excluding carboxylic acids is 2. The largest absolute Gasteiger partial charge is 0.291 e. The van der Waals surface area contributed by atoms with Crippen molar-refractivity contribution >= 4 is 17.5 Å². The van der Waals surface area contributed by atoms with Crippen LogP contribution in [0.1, 0.15) is 38.2 Å². The molecule has 1 aromatic carbocycles. The Hall–Kier alpha value is -1.68. The second kappa shape index (κ2) is 6.21.